The highest BCUT2D eigenvalue weighted by Gasteiger charge is 2.10. The van der Waals surface area contributed by atoms with Gasteiger partial charge >= 0.3 is 0 Å². The molecule has 4 nitrogen and oxygen atoms in total. The molecule has 0 bridgehead atoms. The Morgan fingerprint density at radius 1 is 1.61 bits per heavy atom. The van der Waals surface area contributed by atoms with E-state index in [0.717, 1.165) is 0 Å². The van der Waals surface area contributed by atoms with Gasteiger partial charge in [-0.2, -0.15) is 5.26 Å². The van der Waals surface area contributed by atoms with Crippen LogP contribution in [0.1, 0.15) is 6.92 Å². The van der Waals surface area contributed by atoms with Crippen molar-refractivity contribution in [1.82, 2.24) is 4.90 Å². The number of benzene rings is 1. The Bertz CT molecular complexity index is 456. The molecule has 0 heterocycles. The van der Waals surface area contributed by atoms with Gasteiger partial charge in [0.05, 0.1) is 18.5 Å². The van der Waals surface area contributed by atoms with Gasteiger partial charge in [0.15, 0.2) is 0 Å². The van der Waals surface area contributed by atoms with Crippen LogP contribution in [0.15, 0.2) is 24.3 Å². The molecule has 0 unspecified atom stereocenters. The van der Waals surface area contributed by atoms with Crippen molar-refractivity contribution in [3.63, 3.8) is 0 Å². The number of carbonyl (C=O) groups is 1. The van der Waals surface area contributed by atoms with Crippen molar-refractivity contribution >= 4 is 11.6 Å². The maximum atomic E-state index is 12.9. The molecule has 1 N–H and O–H groups in total. The van der Waals surface area contributed by atoms with E-state index in [0.29, 0.717) is 12.2 Å². The van der Waals surface area contributed by atoms with Crippen LogP contribution < -0.4 is 5.32 Å². The number of anilines is 1. The molecule has 1 rings (SSSR count). The first-order chi connectivity index (χ1) is 8.51. The maximum Gasteiger partial charge on any atom is 0.238 e. The van der Waals surface area contributed by atoms with Crippen LogP contribution in [0.5, 0.6) is 0 Å². The fourth-order valence-electron chi connectivity index (χ4n) is 1.58. The zero-order valence-electron chi connectivity index (χ0n) is 10.5. The van der Waals surface area contributed by atoms with E-state index in [-0.39, 0.29) is 24.2 Å². The maximum absolute atomic E-state index is 12.9. The number of rotatable bonds is 5. The van der Waals surface area contributed by atoms with Gasteiger partial charge in [0.25, 0.3) is 0 Å². The molecule has 0 saturated carbocycles. The summed E-state index contributed by atoms with van der Waals surface area (Å²) in [7, 11) is 1.76. The van der Waals surface area contributed by atoms with Crippen LogP contribution in [0.4, 0.5) is 10.1 Å². The number of carbonyl (C=O) groups excluding carboxylic acids is 1. The predicted octanol–water partition coefficient (Wildman–Crippen LogP) is 1.86. The summed E-state index contributed by atoms with van der Waals surface area (Å²) in [6.45, 7) is 2.48. The molecule has 0 spiro atoms. The summed E-state index contributed by atoms with van der Waals surface area (Å²) < 4.78 is 12.9. The van der Waals surface area contributed by atoms with E-state index in [1.54, 1.807) is 24.9 Å². The van der Waals surface area contributed by atoms with E-state index in [9.17, 15) is 9.18 Å². The molecular weight excluding hydrogens is 233 g/mol. The van der Waals surface area contributed by atoms with E-state index < -0.39 is 0 Å². The van der Waals surface area contributed by atoms with Gasteiger partial charge in [-0.05, 0) is 32.2 Å². The number of halogens is 1. The zero-order valence-corrected chi connectivity index (χ0v) is 10.5. The number of nitriles is 1. The first kappa shape index (κ1) is 14.1. The second-order valence-corrected chi connectivity index (χ2v) is 4.29. The Morgan fingerprint density at radius 2 is 2.33 bits per heavy atom. The van der Waals surface area contributed by atoms with Crippen LogP contribution in [0.3, 0.4) is 0 Å². The van der Waals surface area contributed by atoms with Gasteiger partial charge in [0.2, 0.25) is 5.91 Å². The lowest BCUT2D eigenvalue weighted by atomic mass is 10.2. The highest BCUT2D eigenvalue weighted by atomic mass is 19.1. The third-order valence-electron chi connectivity index (χ3n) is 2.33. The summed E-state index contributed by atoms with van der Waals surface area (Å²) in [6, 6.07) is 7.84. The molecule has 96 valence electrons. The third-order valence-corrected chi connectivity index (χ3v) is 2.33. The summed E-state index contributed by atoms with van der Waals surface area (Å²) in [5, 5.41) is 11.3. The van der Waals surface area contributed by atoms with Crippen molar-refractivity contribution in [2.75, 3.05) is 25.5 Å². The number of likely N-dealkylation sites (N-methyl/N-ethyl adjacent to an activating group) is 1. The van der Waals surface area contributed by atoms with E-state index >= 15 is 0 Å². The Morgan fingerprint density at radius 3 is 2.94 bits per heavy atom. The van der Waals surface area contributed by atoms with Crippen LogP contribution in [-0.4, -0.2) is 30.9 Å². The first-order valence-electron chi connectivity index (χ1n) is 5.65. The predicted molar refractivity (Wildman–Crippen MR) is 67.3 cm³/mol. The van der Waals surface area contributed by atoms with Gasteiger partial charge in [0, 0.05) is 12.2 Å². The number of hydrogen-bond donors (Lipinski definition) is 1. The average molecular weight is 249 g/mol. The van der Waals surface area contributed by atoms with Crippen molar-refractivity contribution in [1.29, 1.82) is 5.26 Å². The Kier molecular flexibility index (Phi) is 5.28. The highest BCUT2D eigenvalue weighted by Crippen LogP contribution is 2.08. The van der Waals surface area contributed by atoms with Crippen molar-refractivity contribution in [2.24, 2.45) is 5.92 Å². The first-order valence-corrected chi connectivity index (χ1v) is 5.65. The summed E-state index contributed by atoms with van der Waals surface area (Å²) in [4.78, 5) is 13.4. The van der Waals surface area contributed by atoms with Crippen LogP contribution in [0, 0.1) is 23.1 Å². The zero-order chi connectivity index (χ0) is 13.5. The second-order valence-electron chi connectivity index (χ2n) is 4.29. The van der Waals surface area contributed by atoms with Crippen LogP contribution in [-0.2, 0) is 4.79 Å². The van der Waals surface area contributed by atoms with E-state index in [2.05, 4.69) is 11.4 Å². The molecule has 0 aliphatic carbocycles. The topological polar surface area (TPSA) is 56.1 Å². The quantitative estimate of drug-likeness (QED) is 0.866. The minimum absolute atomic E-state index is 0.128. The summed E-state index contributed by atoms with van der Waals surface area (Å²) in [5.74, 6) is -0.746. The number of nitrogens with one attached hydrogen (secondary N) is 1. The lowest BCUT2D eigenvalue weighted by molar-refractivity contribution is -0.117. The molecule has 18 heavy (non-hydrogen) atoms. The molecule has 0 saturated heterocycles. The van der Waals surface area contributed by atoms with Gasteiger partial charge in [-0.15, -0.1) is 0 Å². The fourth-order valence-corrected chi connectivity index (χ4v) is 1.58. The molecule has 1 aromatic carbocycles. The SMILES string of the molecule is C[C@@H](C#N)CN(C)CC(=O)Nc1cccc(F)c1. The summed E-state index contributed by atoms with van der Waals surface area (Å²) in [6.07, 6.45) is 0. The van der Waals surface area contributed by atoms with Gasteiger partial charge in [-0.25, -0.2) is 4.39 Å². The second kappa shape index (κ2) is 6.72. The molecule has 1 aromatic rings. The standard InChI is InChI=1S/C13H16FN3O/c1-10(7-15)8-17(2)9-13(18)16-12-5-3-4-11(14)6-12/h3-6,10H,8-9H2,1-2H3,(H,16,18)/t10-/m0/s1. The normalized spacial score (nSPS) is 11.9. The van der Waals surface area contributed by atoms with Crippen LogP contribution >= 0.6 is 0 Å². The number of nitrogens with zero attached hydrogens (tertiary/aromatic N) is 2. The van der Waals surface area contributed by atoms with Gasteiger partial charge in [-0.3, -0.25) is 9.69 Å². The van der Waals surface area contributed by atoms with Crippen molar-refractivity contribution in [3.8, 4) is 6.07 Å². The summed E-state index contributed by atoms with van der Waals surface area (Å²) in [5.41, 5.74) is 0.432. The van der Waals surface area contributed by atoms with E-state index in [1.807, 2.05) is 0 Å². The van der Waals surface area contributed by atoms with Gasteiger partial charge < -0.3 is 5.32 Å². The molecule has 0 aromatic heterocycles. The van der Waals surface area contributed by atoms with Crippen molar-refractivity contribution in [3.05, 3.63) is 30.1 Å². The van der Waals surface area contributed by atoms with Gasteiger partial charge in [0.1, 0.15) is 5.82 Å². The van der Waals surface area contributed by atoms with E-state index in [4.69, 9.17) is 5.26 Å². The summed E-state index contributed by atoms with van der Waals surface area (Å²) >= 11 is 0. The fraction of sp³-hybridized carbons (Fsp3) is 0.385. The van der Waals surface area contributed by atoms with Gasteiger partial charge in [-0.1, -0.05) is 6.07 Å². The Labute approximate surface area is 106 Å². The monoisotopic (exact) mass is 249 g/mol. The average Bonchev–Trinajstić information content (AvgIpc) is 2.28. The molecule has 0 aliphatic rings. The van der Waals surface area contributed by atoms with E-state index in [1.165, 1.54) is 18.2 Å². The lowest BCUT2D eigenvalue weighted by Gasteiger charge is -2.17. The van der Waals surface area contributed by atoms with Crippen molar-refractivity contribution < 1.29 is 9.18 Å². The molecule has 0 fully saturated rings. The molecule has 1 atom stereocenters. The molecule has 0 radical (unpaired) electrons. The largest absolute Gasteiger partial charge is 0.325 e. The Hall–Kier alpha value is -1.93. The van der Waals surface area contributed by atoms with Crippen LogP contribution in [0.25, 0.3) is 0 Å². The minimum atomic E-state index is -0.390. The minimum Gasteiger partial charge on any atom is -0.325 e. The number of hydrogen-bond acceptors (Lipinski definition) is 3. The van der Waals surface area contributed by atoms with Crippen molar-refractivity contribution in [2.45, 2.75) is 6.92 Å². The Balaban J connectivity index is 2.45. The highest BCUT2D eigenvalue weighted by molar-refractivity contribution is 5.92. The molecule has 1 amide bonds. The molecular formula is C13H16FN3O. The van der Waals surface area contributed by atoms with Crippen LogP contribution in [0.2, 0.25) is 0 Å². The smallest absolute Gasteiger partial charge is 0.238 e. The number of amides is 1. The lowest BCUT2D eigenvalue weighted by Crippen LogP contribution is -2.32. The molecule has 0 aliphatic heterocycles. The third kappa shape index (κ3) is 4.93. The molecule has 5 heteroatoms.